The van der Waals surface area contributed by atoms with Crippen molar-refractivity contribution in [2.75, 3.05) is 31.6 Å². The average Bonchev–Trinajstić information content (AvgIpc) is 2.43. The van der Waals surface area contributed by atoms with Crippen molar-refractivity contribution in [1.29, 1.82) is 0 Å². The number of amides is 1. The highest BCUT2D eigenvalue weighted by atomic mass is 127. The molecule has 86 valence electrons. The van der Waals surface area contributed by atoms with Crippen LogP contribution in [-0.4, -0.2) is 47.5 Å². The van der Waals surface area contributed by atoms with Gasteiger partial charge < -0.3 is 9.80 Å². The van der Waals surface area contributed by atoms with Crippen LogP contribution in [0.25, 0.3) is 0 Å². The van der Waals surface area contributed by atoms with E-state index in [9.17, 15) is 4.79 Å². The highest BCUT2D eigenvalue weighted by molar-refractivity contribution is 14.1. The number of carbonyl (C=O) groups excluding carboxylic acids is 1. The van der Waals surface area contributed by atoms with Crippen LogP contribution in [0.2, 0.25) is 0 Å². The van der Waals surface area contributed by atoms with Gasteiger partial charge in [-0.25, -0.2) is 9.97 Å². The summed E-state index contributed by atoms with van der Waals surface area (Å²) in [5.74, 6) is 0.767. The number of likely N-dealkylation sites (N-methyl/N-ethyl adjacent to an activating group) is 1. The lowest BCUT2D eigenvalue weighted by molar-refractivity contribution is -0.127. The van der Waals surface area contributed by atoms with Gasteiger partial charge in [0.1, 0.15) is 0 Å². The predicted molar refractivity (Wildman–Crippen MR) is 69.2 cm³/mol. The number of rotatable bonds is 1. The average molecular weight is 332 g/mol. The van der Waals surface area contributed by atoms with Crippen molar-refractivity contribution in [2.24, 2.45) is 0 Å². The van der Waals surface area contributed by atoms with Gasteiger partial charge in [-0.1, -0.05) is 0 Å². The molecule has 1 aromatic heterocycles. The van der Waals surface area contributed by atoms with Crippen LogP contribution in [0.3, 0.4) is 0 Å². The molecule has 0 aliphatic carbocycles. The minimum atomic E-state index is 0.125. The van der Waals surface area contributed by atoms with Gasteiger partial charge in [0.25, 0.3) is 0 Å². The molecule has 0 bridgehead atoms. The van der Waals surface area contributed by atoms with Crippen molar-refractivity contribution in [3.8, 4) is 0 Å². The zero-order chi connectivity index (χ0) is 11.5. The third-order valence-electron chi connectivity index (χ3n) is 2.56. The van der Waals surface area contributed by atoms with Crippen molar-refractivity contribution in [2.45, 2.75) is 6.42 Å². The largest absolute Gasteiger partial charge is 0.344 e. The van der Waals surface area contributed by atoms with Crippen molar-refractivity contribution in [3.63, 3.8) is 0 Å². The minimum absolute atomic E-state index is 0.125. The van der Waals surface area contributed by atoms with E-state index >= 15 is 0 Å². The van der Waals surface area contributed by atoms with Crippen LogP contribution in [0, 0.1) is 3.57 Å². The van der Waals surface area contributed by atoms with E-state index in [1.165, 1.54) is 0 Å². The normalized spacial score (nSPS) is 17.5. The Morgan fingerprint density at radius 3 is 2.69 bits per heavy atom. The maximum absolute atomic E-state index is 11.7. The molecular formula is C10H13IN4O. The topological polar surface area (TPSA) is 49.3 Å². The predicted octanol–water partition coefficient (Wildman–Crippen LogP) is 0.750. The number of nitrogens with zero attached hydrogens (tertiary/aromatic N) is 4. The first-order valence-corrected chi connectivity index (χ1v) is 6.21. The van der Waals surface area contributed by atoms with Gasteiger partial charge in [0, 0.05) is 36.1 Å². The molecule has 0 radical (unpaired) electrons. The van der Waals surface area contributed by atoms with E-state index in [0.29, 0.717) is 12.5 Å². The summed E-state index contributed by atoms with van der Waals surface area (Å²) in [6.45, 7) is 2.01. The second-order valence-corrected chi connectivity index (χ2v) is 5.04. The van der Waals surface area contributed by atoms with Crippen molar-refractivity contribution in [3.05, 3.63) is 16.0 Å². The Balaban J connectivity index is 2.14. The van der Waals surface area contributed by atoms with E-state index in [4.69, 9.17) is 0 Å². The Labute approximate surface area is 108 Å². The summed E-state index contributed by atoms with van der Waals surface area (Å²) in [4.78, 5) is 23.9. The van der Waals surface area contributed by atoms with E-state index in [1.54, 1.807) is 17.3 Å². The molecule has 0 spiro atoms. The summed E-state index contributed by atoms with van der Waals surface area (Å²) in [7, 11) is 1.83. The third kappa shape index (κ3) is 2.60. The molecule has 0 aromatic carbocycles. The van der Waals surface area contributed by atoms with Crippen LogP contribution >= 0.6 is 22.6 Å². The molecule has 0 atom stereocenters. The van der Waals surface area contributed by atoms with Crippen LogP contribution in [0.4, 0.5) is 5.95 Å². The van der Waals surface area contributed by atoms with Crippen LogP contribution < -0.4 is 4.90 Å². The zero-order valence-electron chi connectivity index (χ0n) is 9.06. The number of hydrogen-bond donors (Lipinski definition) is 0. The number of hydrogen-bond acceptors (Lipinski definition) is 4. The molecule has 16 heavy (non-hydrogen) atoms. The van der Waals surface area contributed by atoms with Crippen molar-refractivity contribution in [1.82, 2.24) is 14.9 Å². The van der Waals surface area contributed by atoms with Gasteiger partial charge in [0.2, 0.25) is 11.9 Å². The fourth-order valence-electron chi connectivity index (χ4n) is 1.63. The second kappa shape index (κ2) is 4.94. The molecule has 1 amide bonds. The summed E-state index contributed by atoms with van der Waals surface area (Å²) in [5.41, 5.74) is 0. The van der Waals surface area contributed by atoms with Gasteiger partial charge in [-0.15, -0.1) is 0 Å². The number of carbonyl (C=O) groups is 1. The van der Waals surface area contributed by atoms with E-state index < -0.39 is 0 Å². The maximum Gasteiger partial charge on any atom is 0.241 e. The van der Waals surface area contributed by atoms with Crippen molar-refractivity contribution < 1.29 is 4.79 Å². The summed E-state index contributed by atoms with van der Waals surface area (Å²) >= 11 is 2.16. The summed E-state index contributed by atoms with van der Waals surface area (Å²) in [6.07, 6.45) is 4.49. The fourth-order valence-corrected chi connectivity index (χ4v) is 1.90. The zero-order valence-corrected chi connectivity index (χ0v) is 11.2. The first-order chi connectivity index (χ1) is 7.66. The SMILES string of the molecule is CN1CCCN(c2ncc(I)cn2)CC1=O. The quantitative estimate of drug-likeness (QED) is 0.712. The lowest BCUT2D eigenvalue weighted by atomic mass is 10.4. The smallest absolute Gasteiger partial charge is 0.241 e. The van der Waals surface area contributed by atoms with Gasteiger partial charge >= 0.3 is 0 Å². The molecular weight excluding hydrogens is 319 g/mol. The second-order valence-electron chi connectivity index (χ2n) is 3.79. The standard InChI is InChI=1S/C10H13IN4O/c1-14-3-2-4-15(7-9(14)16)10-12-5-8(11)6-13-10/h5-6H,2-4,7H2,1H3. The fraction of sp³-hybridized carbons (Fsp3) is 0.500. The highest BCUT2D eigenvalue weighted by Gasteiger charge is 2.20. The molecule has 2 rings (SSSR count). The molecule has 5 nitrogen and oxygen atoms in total. The van der Waals surface area contributed by atoms with Gasteiger partial charge in [-0.3, -0.25) is 4.79 Å². The highest BCUT2D eigenvalue weighted by Crippen LogP contribution is 2.11. The number of anilines is 1. The van der Waals surface area contributed by atoms with E-state index in [1.807, 2.05) is 11.9 Å². The minimum Gasteiger partial charge on any atom is -0.344 e. The molecule has 0 N–H and O–H groups in total. The molecule has 0 saturated carbocycles. The Morgan fingerprint density at radius 2 is 2.00 bits per heavy atom. The lowest BCUT2D eigenvalue weighted by Gasteiger charge is -2.19. The first kappa shape index (κ1) is 11.6. The first-order valence-electron chi connectivity index (χ1n) is 5.13. The lowest BCUT2D eigenvalue weighted by Crippen LogP contribution is -2.35. The van der Waals surface area contributed by atoms with E-state index in [-0.39, 0.29) is 5.91 Å². The molecule has 6 heteroatoms. The van der Waals surface area contributed by atoms with E-state index in [2.05, 4.69) is 32.6 Å². The summed E-state index contributed by atoms with van der Waals surface area (Å²) in [5, 5.41) is 0. The van der Waals surface area contributed by atoms with E-state index in [0.717, 1.165) is 23.1 Å². The molecule has 1 saturated heterocycles. The van der Waals surface area contributed by atoms with Gasteiger partial charge in [0.05, 0.1) is 6.54 Å². The van der Waals surface area contributed by atoms with Crippen LogP contribution in [0.15, 0.2) is 12.4 Å². The number of aromatic nitrogens is 2. The Kier molecular flexibility index (Phi) is 3.57. The molecule has 1 fully saturated rings. The Bertz CT molecular complexity index is 381. The maximum atomic E-state index is 11.7. The van der Waals surface area contributed by atoms with Crippen LogP contribution in [0.5, 0.6) is 0 Å². The Morgan fingerprint density at radius 1 is 1.31 bits per heavy atom. The molecule has 1 aromatic rings. The number of halogens is 1. The molecule has 1 aliphatic rings. The van der Waals surface area contributed by atoms with Gasteiger partial charge in [0.15, 0.2) is 0 Å². The molecule has 0 unspecified atom stereocenters. The van der Waals surface area contributed by atoms with Crippen LogP contribution in [0.1, 0.15) is 6.42 Å². The van der Waals surface area contributed by atoms with Crippen LogP contribution in [-0.2, 0) is 4.79 Å². The van der Waals surface area contributed by atoms with Gasteiger partial charge in [-0.05, 0) is 29.0 Å². The summed E-state index contributed by atoms with van der Waals surface area (Å²) in [6, 6.07) is 0. The monoisotopic (exact) mass is 332 g/mol. The molecule has 1 aliphatic heterocycles. The van der Waals surface area contributed by atoms with Crippen molar-refractivity contribution >= 4 is 34.4 Å². The summed E-state index contributed by atoms with van der Waals surface area (Å²) < 4.78 is 1.000. The third-order valence-corrected chi connectivity index (χ3v) is 3.12. The Hall–Kier alpha value is -0.920. The molecule has 2 heterocycles. The van der Waals surface area contributed by atoms with Gasteiger partial charge in [-0.2, -0.15) is 0 Å².